The van der Waals surface area contributed by atoms with Crippen LogP contribution in [0.4, 0.5) is 8.78 Å². The normalized spacial score (nSPS) is 16.0. The van der Waals surface area contributed by atoms with E-state index in [4.69, 9.17) is 20.7 Å². The van der Waals surface area contributed by atoms with Gasteiger partial charge in [-0.15, -0.1) is 0 Å². The minimum atomic E-state index is -3.63. The standard InChI is InChI=1S/C36H31F2N5O4S/c1-36(12-13-36)35(48(45,46)26-8-9-26)43-31-16-23(34(40)44)7-10-29(31)42-32(43)17-22-3-2-4-27(33(22)38)30-18-25(11-14-41-30)47-20-24-6-5-21(19-39)15-28(24)37/h2-7,10-11,14-16,18,26,35H,8-9,12-13,17,20H2,1H3,(H2,40,44). The number of amides is 1. The van der Waals surface area contributed by atoms with E-state index in [9.17, 15) is 17.6 Å². The smallest absolute Gasteiger partial charge is 0.248 e. The van der Waals surface area contributed by atoms with Gasteiger partial charge in [-0.2, -0.15) is 5.26 Å². The van der Waals surface area contributed by atoms with Crippen molar-refractivity contribution in [3.05, 3.63) is 113 Å². The van der Waals surface area contributed by atoms with Crippen molar-refractivity contribution in [2.45, 2.75) is 56.3 Å². The second-order valence-corrected chi connectivity index (χ2v) is 15.1. The molecule has 2 aliphatic rings. The van der Waals surface area contributed by atoms with Gasteiger partial charge in [-0.3, -0.25) is 9.78 Å². The number of primary amides is 1. The lowest BCUT2D eigenvalue weighted by Gasteiger charge is -2.28. The first-order valence-corrected chi connectivity index (χ1v) is 17.2. The number of hydrogen-bond donors (Lipinski definition) is 1. The molecular weight excluding hydrogens is 636 g/mol. The molecule has 2 aliphatic carbocycles. The number of carbonyl (C=O) groups excluding carboxylic acids is 1. The number of imidazole rings is 1. The maximum Gasteiger partial charge on any atom is 0.248 e. The second kappa shape index (κ2) is 11.8. The predicted octanol–water partition coefficient (Wildman–Crippen LogP) is 6.39. The summed E-state index contributed by atoms with van der Waals surface area (Å²) in [7, 11) is -3.63. The summed E-state index contributed by atoms with van der Waals surface area (Å²) in [6.45, 7) is 1.84. The van der Waals surface area contributed by atoms with Gasteiger partial charge in [0.2, 0.25) is 5.91 Å². The van der Waals surface area contributed by atoms with Gasteiger partial charge in [0.15, 0.2) is 9.84 Å². The number of nitrogens with zero attached hydrogens (tertiary/aromatic N) is 4. The van der Waals surface area contributed by atoms with Crippen molar-refractivity contribution in [3.63, 3.8) is 0 Å². The van der Waals surface area contributed by atoms with E-state index in [1.807, 2.05) is 13.0 Å². The molecule has 3 aromatic carbocycles. The molecular formula is C36H31F2N5O4S. The number of ether oxygens (including phenoxy) is 1. The Hall–Kier alpha value is -5.15. The molecule has 2 saturated carbocycles. The number of sulfone groups is 1. The number of carbonyl (C=O) groups is 1. The van der Waals surface area contributed by atoms with Gasteiger partial charge in [0, 0.05) is 40.8 Å². The number of hydrogen-bond acceptors (Lipinski definition) is 7. The van der Waals surface area contributed by atoms with Crippen LogP contribution in [0.2, 0.25) is 0 Å². The number of rotatable bonds is 11. The average molecular weight is 668 g/mol. The van der Waals surface area contributed by atoms with Crippen LogP contribution in [0, 0.1) is 28.4 Å². The summed E-state index contributed by atoms with van der Waals surface area (Å²) in [5.74, 6) is -1.08. The minimum Gasteiger partial charge on any atom is -0.489 e. The van der Waals surface area contributed by atoms with Crippen molar-refractivity contribution in [2.24, 2.45) is 11.1 Å². The Morgan fingerprint density at radius 1 is 1.10 bits per heavy atom. The molecule has 5 aromatic rings. The number of pyridine rings is 1. The van der Waals surface area contributed by atoms with E-state index in [-0.39, 0.29) is 46.5 Å². The van der Waals surface area contributed by atoms with Crippen molar-refractivity contribution in [2.75, 3.05) is 0 Å². The molecule has 2 fully saturated rings. The van der Waals surface area contributed by atoms with Gasteiger partial charge in [-0.05, 0) is 73.7 Å². The molecule has 1 amide bonds. The first kappa shape index (κ1) is 31.4. The first-order valence-electron chi connectivity index (χ1n) is 15.6. The molecule has 7 rings (SSSR count). The average Bonchev–Trinajstić information content (AvgIpc) is 4.01. The number of fused-ring (bicyclic) bond motifs is 1. The maximum atomic E-state index is 16.4. The molecule has 1 unspecified atom stereocenters. The van der Waals surface area contributed by atoms with Crippen LogP contribution < -0.4 is 10.5 Å². The molecule has 0 spiro atoms. The highest BCUT2D eigenvalue weighted by molar-refractivity contribution is 7.92. The Kier molecular flexibility index (Phi) is 7.75. The van der Waals surface area contributed by atoms with E-state index in [0.29, 0.717) is 48.3 Å². The van der Waals surface area contributed by atoms with Crippen LogP contribution in [0.15, 0.2) is 72.9 Å². The summed E-state index contributed by atoms with van der Waals surface area (Å²) in [6, 6.07) is 18.8. The third-order valence-corrected chi connectivity index (χ3v) is 12.0. The van der Waals surface area contributed by atoms with Crippen LogP contribution in [-0.2, 0) is 22.9 Å². The maximum absolute atomic E-state index is 16.4. The monoisotopic (exact) mass is 667 g/mol. The van der Waals surface area contributed by atoms with E-state index in [0.717, 1.165) is 6.07 Å². The van der Waals surface area contributed by atoms with Gasteiger partial charge in [-0.1, -0.05) is 25.1 Å². The minimum absolute atomic E-state index is 0.0266. The van der Waals surface area contributed by atoms with E-state index in [1.165, 1.54) is 18.3 Å². The van der Waals surface area contributed by atoms with E-state index >= 15 is 4.39 Å². The molecule has 2 heterocycles. The molecule has 244 valence electrons. The Bertz CT molecular complexity index is 2250. The SMILES string of the molecule is CC1(C(n2c(Cc3cccc(-c4cc(OCc5ccc(C#N)cc5F)ccn4)c3F)nc3ccc(C(N)=O)cc32)S(=O)(=O)C2CC2)CC1. The fraction of sp³-hybridized carbons (Fsp3) is 0.278. The summed E-state index contributed by atoms with van der Waals surface area (Å²) < 4.78 is 66.2. The molecule has 0 radical (unpaired) electrons. The highest BCUT2D eigenvalue weighted by atomic mass is 32.2. The van der Waals surface area contributed by atoms with Crippen LogP contribution >= 0.6 is 0 Å². The third kappa shape index (κ3) is 5.79. The summed E-state index contributed by atoms with van der Waals surface area (Å²) in [6.07, 6.45) is 4.05. The predicted molar refractivity (Wildman–Crippen MR) is 174 cm³/mol. The van der Waals surface area contributed by atoms with Crippen molar-refractivity contribution in [3.8, 4) is 23.1 Å². The molecule has 0 aliphatic heterocycles. The van der Waals surface area contributed by atoms with E-state index in [1.54, 1.807) is 53.1 Å². The second-order valence-electron chi connectivity index (χ2n) is 12.8. The van der Waals surface area contributed by atoms with Crippen LogP contribution in [0.25, 0.3) is 22.3 Å². The molecule has 12 heteroatoms. The lowest BCUT2D eigenvalue weighted by Crippen LogP contribution is -2.31. The van der Waals surface area contributed by atoms with Gasteiger partial charge < -0.3 is 15.0 Å². The topological polar surface area (TPSA) is 141 Å². The van der Waals surface area contributed by atoms with Crippen LogP contribution in [0.3, 0.4) is 0 Å². The molecule has 9 nitrogen and oxygen atoms in total. The molecule has 1 atom stereocenters. The number of halogens is 2. The fourth-order valence-electron chi connectivity index (χ4n) is 6.19. The number of nitrogens with two attached hydrogens (primary N) is 1. The summed E-state index contributed by atoms with van der Waals surface area (Å²) >= 11 is 0. The van der Waals surface area contributed by atoms with E-state index < -0.39 is 43.4 Å². The molecule has 2 aromatic heterocycles. The van der Waals surface area contributed by atoms with Crippen molar-refractivity contribution >= 4 is 26.8 Å². The number of benzene rings is 3. The highest BCUT2D eigenvalue weighted by Gasteiger charge is 2.56. The molecule has 0 bridgehead atoms. The molecule has 2 N–H and O–H groups in total. The Labute approximate surface area is 275 Å². The number of nitriles is 1. The van der Waals surface area contributed by atoms with Crippen molar-refractivity contribution in [1.29, 1.82) is 5.26 Å². The molecule has 48 heavy (non-hydrogen) atoms. The number of aromatic nitrogens is 3. The zero-order valence-electron chi connectivity index (χ0n) is 26.0. The largest absolute Gasteiger partial charge is 0.489 e. The van der Waals surface area contributed by atoms with Gasteiger partial charge >= 0.3 is 0 Å². The van der Waals surface area contributed by atoms with Gasteiger partial charge in [-0.25, -0.2) is 22.2 Å². The quantitative estimate of drug-likeness (QED) is 0.172. The van der Waals surface area contributed by atoms with Gasteiger partial charge in [0.05, 0.1) is 33.6 Å². The lowest BCUT2D eigenvalue weighted by molar-refractivity contribution is 0.100. The summed E-state index contributed by atoms with van der Waals surface area (Å²) in [5, 5.41) is 7.61. The van der Waals surface area contributed by atoms with Crippen LogP contribution in [0.5, 0.6) is 5.75 Å². The Balaban J connectivity index is 1.25. The summed E-state index contributed by atoms with van der Waals surface area (Å²) in [5.41, 5.74) is 7.44. The van der Waals surface area contributed by atoms with Gasteiger partial charge in [0.25, 0.3) is 0 Å². The first-order chi connectivity index (χ1) is 23.0. The zero-order valence-corrected chi connectivity index (χ0v) is 26.8. The zero-order chi connectivity index (χ0) is 33.8. The van der Waals surface area contributed by atoms with E-state index in [2.05, 4.69) is 4.98 Å². The van der Waals surface area contributed by atoms with Crippen LogP contribution in [-0.4, -0.2) is 34.1 Å². The van der Waals surface area contributed by atoms with Crippen molar-refractivity contribution in [1.82, 2.24) is 14.5 Å². The Morgan fingerprint density at radius 3 is 2.58 bits per heavy atom. The highest BCUT2D eigenvalue weighted by Crippen LogP contribution is 2.59. The third-order valence-electron chi connectivity index (χ3n) is 9.23. The lowest BCUT2D eigenvalue weighted by atomic mass is 10.0. The van der Waals surface area contributed by atoms with Crippen molar-refractivity contribution < 1.29 is 26.7 Å². The van der Waals surface area contributed by atoms with Crippen LogP contribution in [0.1, 0.15) is 70.9 Å². The molecule has 0 saturated heterocycles. The Morgan fingerprint density at radius 2 is 1.90 bits per heavy atom. The fourth-order valence-corrected chi connectivity index (χ4v) is 8.90. The summed E-state index contributed by atoms with van der Waals surface area (Å²) in [4.78, 5) is 21.3. The van der Waals surface area contributed by atoms with Gasteiger partial charge in [0.1, 0.15) is 35.2 Å².